The van der Waals surface area contributed by atoms with E-state index in [-0.39, 0.29) is 36.2 Å². The number of carbonyl (C=O) groups excluding carboxylic acids is 3. The third-order valence-electron chi connectivity index (χ3n) is 4.29. The highest BCUT2D eigenvalue weighted by atomic mass is 16.5. The molecule has 0 bridgehead atoms. The number of likely N-dealkylation sites (tertiary alicyclic amines) is 1. The second-order valence-corrected chi connectivity index (χ2v) is 6.38. The first-order valence-electron chi connectivity index (χ1n) is 8.81. The van der Waals surface area contributed by atoms with Gasteiger partial charge in [-0.3, -0.25) is 14.4 Å². The molecular formula is C19H26N2O4. The number of amides is 2. The molecule has 2 amide bonds. The van der Waals surface area contributed by atoms with Gasteiger partial charge in [-0.1, -0.05) is 18.2 Å². The molecule has 1 fully saturated rings. The number of nitrogens with zero attached hydrogens (tertiary/aromatic N) is 1. The summed E-state index contributed by atoms with van der Waals surface area (Å²) < 4.78 is 5.06. The average molecular weight is 346 g/mol. The van der Waals surface area contributed by atoms with Crippen LogP contribution in [0.4, 0.5) is 0 Å². The molecule has 1 aliphatic heterocycles. The Labute approximate surface area is 148 Å². The van der Waals surface area contributed by atoms with Gasteiger partial charge >= 0.3 is 5.97 Å². The Balaban J connectivity index is 1.84. The molecule has 25 heavy (non-hydrogen) atoms. The van der Waals surface area contributed by atoms with E-state index in [2.05, 4.69) is 5.32 Å². The Kier molecular flexibility index (Phi) is 6.98. The van der Waals surface area contributed by atoms with Crippen LogP contribution in [0.2, 0.25) is 0 Å². The fourth-order valence-corrected chi connectivity index (χ4v) is 2.99. The molecule has 0 saturated carbocycles. The number of piperidine rings is 1. The molecule has 6 nitrogen and oxygen atoms in total. The van der Waals surface area contributed by atoms with Gasteiger partial charge in [-0.25, -0.2) is 0 Å². The molecule has 6 heteroatoms. The highest BCUT2D eigenvalue weighted by Crippen LogP contribution is 2.19. The Morgan fingerprint density at radius 3 is 2.68 bits per heavy atom. The number of benzene rings is 1. The van der Waals surface area contributed by atoms with Crippen LogP contribution in [0.25, 0.3) is 0 Å². The van der Waals surface area contributed by atoms with Gasteiger partial charge in [-0.2, -0.15) is 0 Å². The summed E-state index contributed by atoms with van der Waals surface area (Å²) in [5.41, 5.74) is 0.571. The Hall–Kier alpha value is -2.37. The normalized spacial score (nSPS) is 18.3. The maximum atomic E-state index is 12.5. The van der Waals surface area contributed by atoms with E-state index in [0.29, 0.717) is 25.3 Å². The summed E-state index contributed by atoms with van der Waals surface area (Å²) in [5, 5.41) is 2.84. The van der Waals surface area contributed by atoms with Gasteiger partial charge in [0.05, 0.1) is 12.5 Å². The molecule has 2 atom stereocenters. The van der Waals surface area contributed by atoms with Crippen molar-refractivity contribution in [1.82, 2.24) is 10.2 Å². The van der Waals surface area contributed by atoms with Crippen LogP contribution in [0.3, 0.4) is 0 Å². The van der Waals surface area contributed by atoms with Crippen LogP contribution in [-0.2, 0) is 14.3 Å². The molecule has 0 aliphatic carbocycles. The highest BCUT2D eigenvalue weighted by Gasteiger charge is 2.29. The smallest absolute Gasteiger partial charge is 0.310 e. The predicted molar refractivity (Wildman–Crippen MR) is 93.9 cm³/mol. The zero-order valence-corrected chi connectivity index (χ0v) is 14.9. The van der Waals surface area contributed by atoms with E-state index in [9.17, 15) is 14.4 Å². The molecule has 0 radical (unpaired) electrons. The summed E-state index contributed by atoms with van der Waals surface area (Å²) in [5.74, 6) is -0.712. The molecule has 0 unspecified atom stereocenters. The number of carbonyl (C=O) groups is 3. The zero-order chi connectivity index (χ0) is 18.2. The number of esters is 1. The van der Waals surface area contributed by atoms with Gasteiger partial charge in [0.25, 0.3) is 5.91 Å². The Morgan fingerprint density at radius 2 is 2.00 bits per heavy atom. The molecule has 1 aliphatic rings. The quantitative estimate of drug-likeness (QED) is 0.800. The van der Waals surface area contributed by atoms with Crippen LogP contribution >= 0.6 is 0 Å². The van der Waals surface area contributed by atoms with Gasteiger partial charge in [0.1, 0.15) is 0 Å². The summed E-state index contributed by atoms with van der Waals surface area (Å²) in [4.78, 5) is 38.2. The lowest BCUT2D eigenvalue weighted by Gasteiger charge is -2.32. The summed E-state index contributed by atoms with van der Waals surface area (Å²) in [6.07, 6.45) is 1.76. The largest absolute Gasteiger partial charge is 0.466 e. The predicted octanol–water partition coefficient (Wildman–Crippen LogP) is 2.00. The third-order valence-corrected chi connectivity index (χ3v) is 4.29. The second-order valence-electron chi connectivity index (χ2n) is 6.38. The molecule has 136 valence electrons. The first-order chi connectivity index (χ1) is 12.0. The van der Waals surface area contributed by atoms with Gasteiger partial charge in [-0.15, -0.1) is 0 Å². The van der Waals surface area contributed by atoms with Gasteiger partial charge in [-0.05, 0) is 38.8 Å². The second kappa shape index (κ2) is 9.20. The maximum Gasteiger partial charge on any atom is 0.310 e. The van der Waals surface area contributed by atoms with Crippen molar-refractivity contribution in [2.75, 3.05) is 19.7 Å². The Morgan fingerprint density at radius 1 is 1.28 bits per heavy atom. The molecule has 1 aromatic carbocycles. The van der Waals surface area contributed by atoms with Crippen LogP contribution in [0.5, 0.6) is 0 Å². The molecule has 2 rings (SSSR count). The van der Waals surface area contributed by atoms with Crippen LogP contribution in [-0.4, -0.2) is 48.4 Å². The summed E-state index contributed by atoms with van der Waals surface area (Å²) in [6.45, 7) is 4.99. The minimum atomic E-state index is -0.275. The van der Waals surface area contributed by atoms with Crippen molar-refractivity contribution in [2.45, 2.75) is 39.2 Å². The van der Waals surface area contributed by atoms with Crippen molar-refractivity contribution in [3.8, 4) is 0 Å². The lowest BCUT2D eigenvalue weighted by atomic mass is 9.97. The summed E-state index contributed by atoms with van der Waals surface area (Å²) in [7, 11) is 0. The summed E-state index contributed by atoms with van der Waals surface area (Å²) >= 11 is 0. The summed E-state index contributed by atoms with van der Waals surface area (Å²) in [6, 6.07) is 8.64. The molecule has 0 spiro atoms. The van der Waals surface area contributed by atoms with Crippen molar-refractivity contribution in [1.29, 1.82) is 0 Å². The maximum absolute atomic E-state index is 12.5. The molecule has 0 aromatic heterocycles. The van der Waals surface area contributed by atoms with Gasteiger partial charge in [0, 0.05) is 31.1 Å². The van der Waals surface area contributed by atoms with Crippen molar-refractivity contribution in [2.24, 2.45) is 5.92 Å². The van der Waals surface area contributed by atoms with E-state index < -0.39 is 0 Å². The van der Waals surface area contributed by atoms with Crippen LogP contribution in [0.1, 0.15) is 43.5 Å². The van der Waals surface area contributed by atoms with Crippen molar-refractivity contribution in [3.05, 3.63) is 35.9 Å². The van der Waals surface area contributed by atoms with E-state index in [1.165, 1.54) is 0 Å². The van der Waals surface area contributed by atoms with Crippen molar-refractivity contribution >= 4 is 17.8 Å². The average Bonchev–Trinajstić information content (AvgIpc) is 2.62. The van der Waals surface area contributed by atoms with Crippen molar-refractivity contribution in [3.63, 3.8) is 0 Å². The van der Waals surface area contributed by atoms with Crippen LogP contribution < -0.4 is 5.32 Å². The van der Waals surface area contributed by atoms with Crippen LogP contribution in [0.15, 0.2) is 30.3 Å². The van der Waals surface area contributed by atoms with E-state index >= 15 is 0 Å². The molecule has 1 N–H and O–H groups in total. The molecular weight excluding hydrogens is 320 g/mol. The third kappa shape index (κ3) is 5.59. The number of rotatable bonds is 6. The topological polar surface area (TPSA) is 75.7 Å². The molecule has 1 heterocycles. The fraction of sp³-hybridized carbons (Fsp3) is 0.526. The van der Waals surface area contributed by atoms with E-state index in [1.54, 1.807) is 36.1 Å². The molecule has 1 saturated heterocycles. The van der Waals surface area contributed by atoms with Gasteiger partial charge < -0.3 is 15.0 Å². The van der Waals surface area contributed by atoms with Crippen LogP contribution in [0, 0.1) is 5.92 Å². The standard InChI is InChI=1S/C19H26N2O4/c1-3-25-19(24)16-10-7-11-21(13-16)17(22)12-14(2)20-18(23)15-8-5-4-6-9-15/h4-6,8-9,14,16H,3,7,10-13H2,1-2H3,(H,20,23)/t14-,16-/m0/s1. The minimum absolute atomic E-state index is 0.0464. The van der Waals surface area contributed by atoms with Crippen molar-refractivity contribution < 1.29 is 19.1 Å². The monoisotopic (exact) mass is 346 g/mol. The zero-order valence-electron chi connectivity index (χ0n) is 14.9. The number of ether oxygens (including phenoxy) is 1. The fourth-order valence-electron chi connectivity index (χ4n) is 2.99. The number of hydrogen-bond acceptors (Lipinski definition) is 4. The minimum Gasteiger partial charge on any atom is -0.466 e. The highest BCUT2D eigenvalue weighted by molar-refractivity contribution is 5.94. The van der Waals surface area contributed by atoms with Gasteiger partial charge in [0.15, 0.2) is 0 Å². The lowest BCUT2D eigenvalue weighted by molar-refractivity contribution is -0.151. The van der Waals surface area contributed by atoms with E-state index in [1.807, 2.05) is 13.0 Å². The number of hydrogen-bond donors (Lipinski definition) is 1. The first-order valence-corrected chi connectivity index (χ1v) is 8.81. The first kappa shape index (κ1) is 19.0. The number of nitrogens with one attached hydrogen (secondary N) is 1. The lowest BCUT2D eigenvalue weighted by Crippen LogP contribution is -2.45. The Bertz CT molecular complexity index is 603. The molecule has 1 aromatic rings. The van der Waals surface area contributed by atoms with Gasteiger partial charge in [0.2, 0.25) is 5.91 Å². The van der Waals surface area contributed by atoms with E-state index in [0.717, 1.165) is 12.8 Å². The van der Waals surface area contributed by atoms with E-state index in [4.69, 9.17) is 4.74 Å². The SMILES string of the molecule is CCOC(=O)[C@H]1CCCN(C(=O)C[C@H](C)NC(=O)c2ccccc2)C1.